The topological polar surface area (TPSA) is 66.2 Å². The lowest BCUT2D eigenvalue weighted by atomic mass is 10.1. The van der Waals surface area contributed by atoms with Gasteiger partial charge in [-0.2, -0.15) is 0 Å². The fourth-order valence-electron chi connectivity index (χ4n) is 1.79. The average molecular weight is 261 g/mol. The van der Waals surface area contributed by atoms with Gasteiger partial charge in [-0.25, -0.2) is 4.68 Å². The largest absolute Gasteiger partial charge is 0.497 e. The number of hydrogen-bond donors (Lipinski definition) is 0. The third-order valence-corrected chi connectivity index (χ3v) is 2.80. The molecule has 0 N–H and O–H groups in total. The molecule has 2 rings (SSSR count). The van der Waals surface area contributed by atoms with Gasteiger partial charge in [0, 0.05) is 12.6 Å². The lowest BCUT2D eigenvalue weighted by Gasteiger charge is -2.09. The third-order valence-electron chi connectivity index (χ3n) is 2.80. The summed E-state index contributed by atoms with van der Waals surface area (Å²) in [4.78, 5) is 12.4. The van der Waals surface area contributed by atoms with Crippen molar-refractivity contribution in [2.75, 3.05) is 14.2 Å². The zero-order valence-electron chi connectivity index (χ0n) is 11.1. The summed E-state index contributed by atoms with van der Waals surface area (Å²) >= 11 is 0. The number of rotatable bonds is 5. The molecule has 1 aromatic carbocycles. The summed E-state index contributed by atoms with van der Waals surface area (Å²) in [6.07, 6.45) is 1.45. The second kappa shape index (κ2) is 5.51. The van der Waals surface area contributed by atoms with Crippen LogP contribution in [0, 0.1) is 0 Å². The van der Waals surface area contributed by atoms with E-state index in [1.54, 1.807) is 30.0 Å². The van der Waals surface area contributed by atoms with E-state index in [4.69, 9.17) is 9.47 Å². The molecule has 0 saturated carbocycles. The van der Waals surface area contributed by atoms with Crippen molar-refractivity contribution >= 4 is 5.78 Å². The summed E-state index contributed by atoms with van der Waals surface area (Å²) in [6.45, 7) is 2.48. The number of hydrogen-bond acceptors (Lipinski definition) is 5. The number of carbonyl (C=O) groups excluding carboxylic acids is 1. The Bertz CT molecular complexity index is 593. The zero-order valence-corrected chi connectivity index (χ0v) is 11.1. The van der Waals surface area contributed by atoms with E-state index in [1.165, 1.54) is 13.3 Å². The van der Waals surface area contributed by atoms with Crippen molar-refractivity contribution in [3.8, 4) is 11.5 Å². The predicted octanol–water partition coefficient (Wildman–Crippen LogP) is 1.55. The number of ether oxygens (including phenoxy) is 2. The summed E-state index contributed by atoms with van der Waals surface area (Å²) < 4.78 is 11.9. The average Bonchev–Trinajstić information content (AvgIpc) is 2.94. The summed E-state index contributed by atoms with van der Waals surface area (Å²) in [5.41, 5.74) is 0.895. The molecule has 1 heterocycles. The molecule has 100 valence electrons. The number of aryl methyl sites for hydroxylation is 1. The fraction of sp³-hybridized carbons (Fsp3) is 0.308. The van der Waals surface area contributed by atoms with E-state index >= 15 is 0 Å². The molecule has 0 unspecified atom stereocenters. The van der Waals surface area contributed by atoms with Crippen molar-refractivity contribution in [3.05, 3.63) is 35.7 Å². The number of nitrogens with zero attached hydrogens (tertiary/aromatic N) is 3. The molecule has 0 aliphatic rings. The van der Waals surface area contributed by atoms with Crippen LogP contribution < -0.4 is 9.47 Å². The third kappa shape index (κ3) is 2.42. The Balaban J connectivity index is 2.44. The fourth-order valence-corrected chi connectivity index (χ4v) is 1.79. The first-order valence-electron chi connectivity index (χ1n) is 5.86. The Kier molecular flexibility index (Phi) is 3.79. The van der Waals surface area contributed by atoms with Crippen LogP contribution >= 0.6 is 0 Å². The first-order chi connectivity index (χ1) is 9.21. The summed E-state index contributed by atoms with van der Waals surface area (Å²) in [7, 11) is 3.08. The molecule has 0 radical (unpaired) electrons. The Morgan fingerprint density at radius 2 is 2.11 bits per heavy atom. The minimum Gasteiger partial charge on any atom is -0.497 e. The van der Waals surface area contributed by atoms with Crippen molar-refractivity contribution < 1.29 is 14.3 Å². The Morgan fingerprint density at radius 1 is 1.32 bits per heavy atom. The van der Waals surface area contributed by atoms with Gasteiger partial charge in [-0.1, -0.05) is 5.21 Å². The standard InChI is InChI=1S/C13H15N3O3/c1-4-16-11(8-14-15-16)13(17)10-6-5-9(18-2)7-12(10)19-3/h5-8H,4H2,1-3H3. The Hall–Kier alpha value is -2.37. The van der Waals surface area contributed by atoms with Gasteiger partial charge < -0.3 is 9.47 Å². The monoisotopic (exact) mass is 261 g/mol. The van der Waals surface area contributed by atoms with Crippen LogP contribution in [0.25, 0.3) is 0 Å². The number of benzene rings is 1. The Labute approximate surface area is 110 Å². The van der Waals surface area contributed by atoms with Crippen LogP contribution in [0.2, 0.25) is 0 Å². The molecule has 1 aromatic heterocycles. The van der Waals surface area contributed by atoms with Gasteiger partial charge in [0.15, 0.2) is 0 Å². The molecule has 6 heteroatoms. The highest BCUT2D eigenvalue weighted by atomic mass is 16.5. The van der Waals surface area contributed by atoms with E-state index in [2.05, 4.69) is 10.3 Å². The number of carbonyl (C=O) groups is 1. The molecular formula is C13H15N3O3. The molecule has 0 spiro atoms. The number of aromatic nitrogens is 3. The Morgan fingerprint density at radius 3 is 2.74 bits per heavy atom. The maximum Gasteiger partial charge on any atom is 0.216 e. The van der Waals surface area contributed by atoms with E-state index in [0.717, 1.165) is 0 Å². The van der Waals surface area contributed by atoms with Crippen molar-refractivity contribution in [1.29, 1.82) is 0 Å². The maximum absolute atomic E-state index is 12.4. The van der Waals surface area contributed by atoms with Gasteiger partial charge in [0.2, 0.25) is 5.78 Å². The van der Waals surface area contributed by atoms with Gasteiger partial charge in [0.05, 0.1) is 26.0 Å². The lowest BCUT2D eigenvalue weighted by Crippen LogP contribution is -2.11. The van der Waals surface area contributed by atoms with E-state index in [-0.39, 0.29) is 5.78 Å². The molecule has 0 bridgehead atoms. The minimum atomic E-state index is -0.175. The van der Waals surface area contributed by atoms with Gasteiger partial charge >= 0.3 is 0 Å². The SMILES string of the molecule is CCn1nncc1C(=O)c1ccc(OC)cc1OC. The molecular weight excluding hydrogens is 246 g/mol. The van der Waals surface area contributed by atoms with Gasteiger partial charge in [-0.15, -0.1) is 5.10 Å². The van der Waals surface area contributed by atoms with Crippen LogP contribution in [0.15, 0.2) is 24.4 Å². The van der Waals surface area contributed by atoms with E-state index in [0.29, 0.717) is 29.3 Å². The van der Waals surface area contributed by atoms with Gasteiger partial charge in [-0.05, 0) is 19.1 Å². The predicted molar refractivity (Wildman–Crippen MR) is 68.7 cm³/mol. The summed E-state index contributed by atoms with van der Waals surface area (Å²) in [5.74, 6) is 0.926. The molecule has 6 nitrogen and oxygen atoms in total. The highest BCUT2D eigenvalue weighted by Crippen LogP contribution is 2.26. The van der Waals surface area contributed by atoms with E-state index in [1.807, 2.05) is 6.92 Å². The molecule has 0 atom stereocenters. The summed E-state index contributed by atoms with van der Waals surface area (Å²) in [5, 5.41) is 7.61. The van der Waals surface area contributed by atoms with Gasteiger partial charge in [-0.3, -0.25) is 4.79 Å². The molecule has 0 fully saturated rings. The number of ketones is 1. The normalized spacial score (nSPS) is 10.3. The zero-order chi connectivity index (χ0) is 13.8. The van der Waals surface area contributed by atoms with Crippen LogP contribution in [-0.4, -0.2) is 35.0 Å². The van der Waals surface area contributed by atoms with E-state index < -0.39 is 0 Å². The van der Waals surface area contributed by atoms with Crippen molar-refractivity contribution in [2.45, 2.75) is 13.5 Å². The first-order valence-corrected chi connectivity index (χ1v) is 5.86. The molecule has 0 amide bonds. The summed E-state index contributed by atoms with van der Waals surface area (Å²) in [6, 6.07) is 5.07. The van der Waals surface area contributed by atoms with Crippen LogP contribution in [0.1, 0.15) is 23.0 Å². The van der Waals surface area contributed by atoms with Gasteiger partial charge in [0.1, 0.15) is 17.2 Å². The first kappa shape index (κ1) is 13.1. The molecule has 0 aliphatic carbocycles. The van der Waals surface area contributed by atoms with E-state index in [9.17, 15) is 4.79 Å². The van der Waals surface area contributed by atoms with Crippen LogP contribution in [0.5, 0.6) is 11.5 Å². The number of methoxy groups -OCH3 is 2. The highest BCUT2D eigenvalue weighted by Gasteiger charge is 2.19. The van der Waals surface area contributed by atoms with Gasteiger partial charge in [0.25, 0.3) is 0 Å². The molecule has 2 aromatic rings. The molecule has 0 saturated heterocycles. The quantitative estimate of drug-likeness (QED) is 0.764. The second-order valence-electron chi connectivity index (χ2n) is 3.83. The van der Waals surface area contributed by atoms with Crippen molar-refractivity contribution in [1.82, 2.24) is 15.0 Å². The van der Waals surface area contributed by atoms with Crippen LogP contribution in [0.3, 0.4) is 0 Å². The lowest BCUT2D eigenvalue weighted by molar-refractivity contribution is 0.102. The minimum absolute atomic E-state index is 0.175. The second-order valence-corrected chi connectivity index (χ2v) is 3.83. The molecule has 0 aliphatic heterocycles. The maximum atomic E-state index is 12.4. The van der Waals surface area contributed by atoms with Crippen molar-refractivity contribution in [3.63, 3.8) is 0 Å². The van der Waals surface area contributed by atoms with Crippen LogP contribution in [0.4, 0.5) is 0 Å². The smallest absolute Gasteiger partial charge is 0.216 e. The van der Waals surface area contributed by atoms with Crippen LogP contribution in [-0.2, 0) is 6.54 Å². The van der Waals surface area contributed by atoms with Crippen molar-refractivity contribution in [2.24, 2.45) is 0 Å². The molecule has 19 heavy (non-hydrogen) atoms. The highest BCUT2D eigenvalue weighted by molar-refractivity contribution is 6.09.